The molecule has 172 valence electrons. The van der Waals surface area contributed by atoms with E-state index in [0.717, 1.165) is 23.0 Å². The number of nitrogens with zero attached hydrogens (tertiary/aromatic N) is 5. The van der Waals surface area contributed by atoms with Crippen molar-refractivity contribution >= 4 is 29.2 Å². The predicted octanol–water partition coefficient (Wildman–Crippen LogP) is 2.91. The molecular formula is C25H19N7O3. The molecule has 0 radical (unpaired) electrons. The number of carbonyl (C=O) groups excluding carboxylic acids is 2. The maximum Gasteiger partial charge on any atom is 0.270 e. The normalized spacial score (nSPS) is 10.9. The van der Waals surface area contributed by atoms with Gasteiger partial charge in [-0.3, -0.25) is 14.2 Å². The van der Waals surface area contributed by atoms with Gasteiger partial charge in [-0.05, 0) is 48.0 Å². The van der Waals surface area contributed by atoms with Gasteiger partial charge in [-0.15, -0.1) is 0 Å². The summed E-state index contributed by atoms with van der Waals surface area (Å²) in [5.41, 5.74) is 9.91. The van der Waals surface area contributed by atoms with Crippen LogP contribution in [0.5, 0.6) is 5.75 Å². The monoisotopic (exact) mass is 465 g/mol. The first-order valence-corrected chi connectivity index (χ1v) is 10.6. The Kier molecular flexibility index (Phi) is 5.60. The summed E-state index contributed by atoms with van der Waals surface area (Å²) in [5, 5.41) is 12.3. The summed E-state index contributed by atoms with van der Waals surface area (Å²) < 4.78 is 1.91. The molecule has 0 aliphatic heterocycles. The van der Waals surface area contributed by atoms with Crippen LogP contribution in [0.15, 0.2) is 73.2 Å². The van der Waals surface area contributed by atoms with Crippen LogP contribution in [0.4, 0.5) is 5.82 Å². The average Bonchev–Trinajstić information content (AvgIpc) is 3.27. The Balaban J connectivity index is 1.42. The van der Waals surface area contributed by atoms with Gasteiger partial charge < -0.3 is 16.2 Å². The van der Waals surface area contributed by atoms with E-state index < -0.39 is 5.91 Å². The number of carbonyl (C=O) groups is 2. The first-order valence-electron chi connectivity index (χ1n) is 10.6. The van der Waals surface area contributed by atoms with Crippen LogP contribution in [0.2, 0.25) is 0 Å². The van der Waals surface area contributed by atoms with Crippen LogP contribution in [-0.2, 0) is 6.54 Å². The number of nitrogens with two attached hydrogens (primary N) is 1. The summed E-state index contributed by atoms with van der Waals surface area (Å²) in [7, 11) is 0. The molecule has 0 aliphatic rings. The lowest BCUT2D eigenvalue weighted by molar-refractivity contribution is 0.0946. The number of benzene rings is 1. The van der Waals surface area contributed by atoms with E-state index in [1.165, 1.54) is 6.07 Å². The highest BCUT2D eigenvalue weighted by molar-refractivity contribution is 5.94. The molecule has 4 N–H and O–H groups in total. The van der Waals surface area contributed by atoms with Crippen LogP contribution in [0.1, 0.15) is 26.4 Å². The van der Waals surface area contributed by atoms with E-state index in [1.54, 1.807) is 18.5 Å². The minimum Gasteiger partial charge on any atom is -0.506 e. The van der Waals surface area contributed by atoms with Gasteiger partial charge in [0.25, 0.3) is 5.91 Å². The molecular weight excluding hydrogens is 446 g/mol. The first kappa shape index (κ1) is 21.7. The summed E-state index contributed by atoms with van der Waals surface area (Å²) in [6, 6.07) is 16.2. The van der Waals surface area contributed by atoms with Gasteiger partial charge in [0.2, 0.25) is 0 Å². The number of imidazole rings is 1. The Morgan fingerprint density at radius 1 is 1.06 bits per heavy atom. The van der Waals surface area contributed by atoms with Crippen LogP contribution >= 0.6 is 0 Å². The number of nitrogen functional groups attached to an aromatic ring is 1. The second-order valence-corrected chi connectivity index (χ2v) is 7.65. The van der Waals surface area contributed by atoms with Gasteiger partial charge in [0, 0.05) is 24.6 Å². The predicted molar refractivity (Wildman–Crippen MR) is 129 cm³/mol. The largest absolute Gasteiger partial charge is 0.506 e. The molecule has 35 heavy (non-hydrogen) atoms. The van der Waals surface area contributed by atoms with Crippen LogP contribution < -0.4 is 11.1 Å². The maximum atomic E-state index is 12.4. The minimum atomic E-state index is -0.462. The molecule has 0 saturated carbocycles. The smallest absolute Gasteiger partial charge is 0.270 e. The van der Waals surface area contributed by atoms with Crippen LogP contribution in [-0.4, -0.2) is 41.8 Å². The number of anilines is 1. The Bertz CT molecular complexity index is 1560. The van der Waals surface area contributed by atoms with Gasteiger partial charge in [0.05, 0.1) is 17.3 Å². The zero-order valence-electron chi connectivity index (χ0n) is 18.3. The Morgan fingerprint density at radius 3 is 2.60 bits per heavy atom. The van der Waals surface area contributed by atoms with Crippen molar-refractivity contribution in [1.82, 2.24) is 29.8 Å². The number of aldehydes is 1. The van der Waals surface area contributed by atoms with Crippen LogP contribution in [0.3, 0.4) is 0 Å². The zero-order chi connectivity index (χ0) is 24.4. The molecule has 0 spiro atoms. The number of nitrogens with one attached hydrogen (secondary N) is 1. The molecule has 5 rings (SSSR count). The summed E-state index contributed by atoms with van der Waals surface area (Å²) in [6.45, 7) is 0.240. The molecule has 5 aromatic rings. The van der Waals surface area contributed by atoms with Gasteiger partial charge in [0.1, 0.15) is 22.8 Å². The van der Waals surface area contributed by atoms with Crippen molar-refractivity contribution in [2.24, 2.45) is 0 Å². The van der Waals surface area contributed by atoms with Crippen molar-refractivity contribution in [2.45, 2.75) is 6.54 Å². The number of pyridine rings is 3. The van der Waals surface area contributed by atoms with Gasteiger partial charge in [-0.1, -0.05) is 12.1 Å². The highest BCUT2D eigenvalue weighted by Crippen LogP contribution is 2.30. The summed E-state index contributed by atoms with van der Waals surface area (Å²) in [4.78, 5) is 40.7. The third-order valence-electron chi connectivity index (χ3n) is 5.42. The SMILES string of the molecule is Nc1ncccc1-c1nc2cccnc2n1-c1ccc(CNC(=O)c2cc(C=O)c(O)cn2)cc1. The van der Waals surface area contributed by atoms with E-state index in [-0.39, 0.29) is 23.6 Å². The van der Waals surface area contributed by atoms with Gasteiger partial charge in [-0.2, -0.15) is 0 Å². The fourth-order valence-electron chi connectivity index (χ4n) is 3.66. The highest BCUT2D eigenvalue weighted by atomic mass is 16.3. The standard InChI is InChI=1S/C25H19N7O3/c26-22-18(3-1-9-27-22)23-31-19-4-2-10-28-24(19)32(23)17-7-5-15(6-8-17)12-30-25(35)20-11-16(14-33)21(34)13-29-20/h1-11,13-14,34H,12H2,(H2,26,27)(H,30,35). The Labute approximate surface area is 199 Å². The maximum absolute atomic E-state index is 12.4. The number of amides is 1. The zero-order valence-corrected chi connectivity index (χ0v) is 18.3. The van der Waals surface area contributed by atoms with Crippen molar-refractivity contribution < 1.29 is 14.7 Å². The molecule has 0 fully saturated rings. The van der Waals surface area contributed by atoms with Crippen molar-refractivity contribution in [1.29, 1.82) is 0 Å². The van der Waals surface area contributed by atoms with Gasteiger partial charge in [0.15, 0.2) is 17.8 Å². The Hall–Kier alpha value is -5.12. The lowest BCUT2D eigenvalue weighted by Crippen LogP contribution is -2.24. The van der Waals surface area contributed by atoms with Gasteiger partial charge in [-0.25, -0.2) is 19.9 Å². The third-order valence-corrected chi connectivity index (χ3v) is 5.42. The molecule has 4 heterocycles. The second kappa shape index (κ2) is 9.02. The Morgan fingerprint density at radius 2 is 1.83 bits per heavy atom. The molecule has 10 heteroatoms. The molecule has 0 atom stereocenters. The summed E-state index contributed by atoms with van der Waals surface area (Å²) in [6.07, 6.45) is 4.87. The average molecular weight is 465 g/mol. The van der Waals surface area contributed by atoms with Crippen molar-refractivity contribution in [3.05, 3.63) is 90.0 Å². The second-order valence-electron chi connectivity index (χ2n) is 7.65. The van der Waals surface area contributed by atoms with E-state index in [4.69, 9.17) is 10.7 Å². The van der Waals surface area contributed by atoms with E-state index in [1.807, 2.05) is 47.0 Å². The molecule has 0 bridgehead atoms. The van der Waals surface area contributed by atoms with Gasteiger partial charge >= 0.3 is 0 Å². The van der Waals surface area contributed by atoms with Crippen molar-refractivity contribution in [3.8, 4) is 22.8 Å². The summed E-state index contributed by atoms with van der Waals surface area (Å²) in [5.74, 6) is 0.246. The topological polar surface area (TPSA) is 149 Å². The van der Waals surface area contributed by atoms with Crippen LogP contribution in [0.25, 0.3) is 28.2 Å². The molecule has 0 saturated heterocycles. The number of aromatic hydroxyl groups is 1. The number of fused-ring (bicyclic) bond motifs is 1. The minimum absolute atomic E-state index is 0.000674. The first-order chi connectivity index (χ1) is 17.0. The molecule has 0 unspecified atom stereocenters. The van der Waals surface area contributed by atoms with E-state index in [2.05, 4.69) is 20.3 Å². The molecule has 10 nitrogen and oxygen atoms in total. The number of hydrogen-bond donors (Lipinski definition) is 3. The van der Waals surface area contributed by atoms with Crippen molar-refractivity contribution in [3.63, 3.8) is 0 Å². The molecule has 4 aromatic heterocycles. The number of rotatable bonds is 6. The number of aromatic nitrogens is 5. The lowest BCUT2D eigenvalue weighted by atomic mass is 10.1. The third kappa shape index (κ3) is 4.15. The summed E-state index contributed by atoms with van der Waals surface area (Å²) >= 11 is 0. The quantitative estimate of drug-likeness (QED) is 0.324. The highest BCUT2D eigenvalue weighted by Gasteiger charge is 2.17. The van der Waals surface area contributed by atoms with E-state index >= 15 is 0 Å². The molecule has 1 amide bonds. The fraction of sp³-hybridized carbons (Fsp3) is 0.0400. The fourth-order valence-corrected chi connectivity index (χ4v) is 3.66. The number of hydrogen-bond acceptors (Lipinski definition) is 8. The van der Waals surface area contributed by atoms with E-state index in [0.29, 0.717) is 29.1 Å². The van der Waals surface area contributed by atoms with E-state index in [9.17, 15) is 14.7 Å². The molecule has 1 aromatic carbocycles. The lowest BCUT2D eigenvalue weighted by Gasteiger charge is -2.11. The molecule has 0 aliphatic carbocycles. The van der Waals surface area contributed by atoms with Crippen LogP contribution in [0, 0.1) is 0 Å². The van der Waals surface area contributed by atoms with Crippen molar-refractivity contribution in [2.75, 3.05) is 5.73 Å².